The molecule has 0 N–H and O–H groups in total. The molecule has 32 heavy (non-hydrogen) atoms. The Morgan fingerprint density at radius 1 is 0.344 bits per heavy atom. The molecule has 0 radical (unpaired) electrons. The Hall–Kier alpha value is -4.16. The summed E-state index contributed by atoms with van der Waals surface area (Å²) in [6.07, 6.45) is 0. The van der Waals surface area contributed by atoms with Gasteiger partial charge in [0, 0.05) is 0 Å². The molecule has 0 nitrogen and oxygen atoms in total. The molecule has 0 aromatic heterocycles. The van der Waals surface area contributed by atoms with Gasteiger partial charge in [0.2, 0.25) is 0 Å². The van der Waals surface area contributed by atoms with Crippen LogP contribution >= 0.6 is 0 Å². The highest BCUT2D eigenvalue weighted by atomic mass is 14.2. The highest BCUT2D eigenvalue weighted by Gasteiger charge is 2.17. The first-order chi connectivity index (χ1) is 15.9. The van der Waals surface area contributed by atoms with Crippen LogP contribution in [0.2, 0.25) is 0 Å². The van der Waals surface area contributed by atoms with E-state index >= 15 is 0 Å². The minimum Gasteiger partial charge on any atom is -0.0622 e. The summed E-state index contributed by atoms with van der Waals surface area (Å²) in [7, 11) is 0. The quantitative estimate of drug-likeness (QED) is 0.257. The summed E-state index contributed by atoms with van der Waals surface area (Å²) in [5.41, 5.74) is 7.57. The van der Waals surface area contributed by atoms with Gasteiger partial charge in [0.15, 0.2) is 0 Å². The van der Waals surface area contributed by atoms with Crippen molar-refractivity contribution in [2.75, 3.05) is 0 Å². The summed E-state index contributed by atoms with van der Waals surface area (Å²) in [5.74, 6) is 0. The lowest BCUT2D eigenvalue weighted by atomic mass is 9.84. The van der Waals surface area contributed by atoms with Crippen molar-refractivity contribution in [1.29, 1.82) is 0 Å². The van der Waals surface area contributed by atoms with Crippen molar-refractivity contribution in [3.63, 3.8) is 0 Å². The molecule has 0 heterocycles. The van der Waals surface area contributed by atoms with E-state index in [4.69, 9.17) is 0 Å². The lowest BCUT2D eigenvalue weighted by Crippen LogP contribution is -1.91. The summed E-state index contributed by atoms with van der Waals surface area (Å²) in [6.45, 7) is 0. The SMILES string of the molecule is c1ccc(-c2ccc(-c3ccccc3)c3c(-c4ccccc4)c4ccccc4cc23)cc1. The van der Waals surface area contributed by atoms with E-state index in [1.54, 1.807) is 0 Å². The molecule has 0 aliphatic rings. The number of fused-ring (bicyclic) bond motifs is 2. The van der Waals surface area contributed by atoms with Crippen LogP contribution in [-0.2, 0) is 0 Å². The molecule has 0 aliphatic heterocycles. The molecule has 0 atom stereocenters. The van der Waals surface area contributed by atoms with Gasteiger partial charge in [0.1, 0.15) is 0 Å². The lowest BCUT2D eigenvalue weighted by molar-refractivity contribution is 1.62. The molecule has 0 saturated heterocycles. The van der Waals surface area contributed by atoms with Gasteiger partial charge >= 0.3 is 0 Å². The van der Waals surface area contributed by atoms with Crippen LogP contribution in [0, 0.1) is 0 Å². The average molecular weight is 407 g/mol. The van der Waals surface area contributed by atoms with Crippen LogP contribution in [0.3, 0.4) is 0 Å². The summed E-state index contributed by atoms with van der Waals surface area (Å²) in [4.78, 5) is 0. The Labute approximate surface area is 188 Å². The highest BCUT2D eigenvalue weighted by molar-refractivity contribution is 6.20. The second kappa shape index (κ2) is 7.83. The zero-order valence-electron chi connectivity index (χ0n) is 17.7. The molecule has 0 fully saturated rings. The van der Waals surface area contributed by atoms with Crippen LogP contribution in [-0.4, -0.2) is 0 Å². The molecule has 0 spiro atoms. The Kier molecular flexibility index (Phi) is 4.55. The molecule has 6 aromatic carbocycles. The van der Waals surface area contributed by atoms with Crippen molar-refractivity contribution in [2.45, 2.75) is 0 Å². The number of rotatable bonds is 3. The van der Waals surface area contributed by atoms with E-state index in [1.807, 2.05) is 0 Å². The lowest BCUT2D eigenvalue weighted by Gasteiger charge is -2.19. The zero-order chi connectivity index (χ0) is 21.3. The van der Waals surface area contributed by atoms with Gasteiger partial charge in [0.25, 0.3) is 0 Å². The standard InChI is InChI=1S/C32H22/c1-4-12-23(13-5-1)27-20-21-29(24-14-6-2-7-15-24)32-30(27)22-26-18-10-11-19-28(26)31(32)25-16-8-3-9-17-25/h1-22H. The predicted octanol–water partition coefficient (Wildman–Crippen LogP) is 8.99. The monoisotopic (exact) mass is 406 g/mol. The van der Waals surface area contributed by atoms with E-state index in [9.17, 15) is 0 Å². The second-order valence-electron chi connectivity index (χ2n) is 8.15. The molecule has 150 valence electrons. The van der Waals surface area contributed by atoms with E-state index in [-0.39, 0.29) is 0 Å². The topological polar surface area (TPSA) is 0 Å². The predicted molar refractivity (Wildman–Crippen MR) is 138 cm³/mol. The van der Waals surface area contributed by atoms with E-state index in [0.29, 0.717) is 0 Å². The van der Waals surface area contributed by atoms with Crippen molar-refractivity contribution in [3.8, 4) is 33.4 Å². The van der Waals surface area contributed by atoms with E-state index in [1.165, 1.54) is 54.9 Å². The Balaban J connectivity index is 1.84. The second-order valence-corrected chi connectivity index (χ2v) is 8.15. The maximum absolute atomic E-state index is 2.37. The van der Waals surface area contributed by atoms with Gasteiger partial charge in [-0.2, -0.15) is 0 Å². The van der Waals surface area contributed by atoms with Crippen LogP contribution in [0.15, 0.2) is 133 Å². The van der Waals surface area contributed by atoms with Gasteiger partial charge in [-0.3, -0.25) is 0 Å². The first kappa shape index (κ1) is 18.6. The molecule has 6 rings (SSSR count). The maximum atomic E-state index is 2.37. The number of hydrogen-bond donors (Lipinski definition) is 0. The molecule has 0 unspecified atom stereocenters. The Bertz CT molecular complexity index is 1530. The van der Waals surface area contributed by atoms with Crippen LogP contribution in [0.5, 0.6) is 0 Å². The largest absolute Gasteiger partial charge is 0.0622 e. The zero-order valence-corrected chi connectivity index (χ0v) is 17.7. The van der Waals surface area contributed by atoms with Crippen molar-refractivity contribution in [3.05, 3.63) is 133 Å². The fourth-order valence-electron chi connectivity index (χ4n) is 4.81. The highest BCUT2D eigenvalue weighted by Crippen LogP contribution is 2.44. The fraction of sp³-hybridized carbons (Fsp3) is 0. The molecule has 0 amide bonds. The van der Waals surface area contributed by atoms with Gasteiger partial charge < -0.3 is 0 Å². The Morgan fingerprint density at radius 2 is 0.844 bits per heavy atom. The minimum atomic E-state index is 1.24. The van der Waals surface area contributed by atoms with Gasteiger partial charge in [0.05, 0.1) is 0 Å². The fourth-order valence-corrected chi connectivity index (χ4v) is 4.81. The van der Waals surface area contributed by atoms with Crippen LogP contribution in [0.4, 0.5) is 0 Å². The molecule has 0 heteroatoms. The minimum absolute atomic E-state index is 1.24. The molecule has 0 saturated carbocycles. The molecular weight excluding hydrogens is 384 g/mol. The smallest absolute Gasteiger partial charge is 0.00141 e. The van der Waals surface area contributed by atoms with E-state index in [2.05, 4.69) is 133 Å². The molecular formula is C32H22. The molecule has 0 bridgehead atoms. The van der Waals surface area contributed by atoms with Gasteiger partial charge in [-0.1, -0.05) is 127 Å². The average Bonchev–Trinajstić information content (AvgIpc) is 2.88. The third kappa shape index (κ3) is 3.09. The van der Waals surface area contributed by atoms with Gasteiger partial charge in [-0.05, 0) is 61.0 Å². The van der Waals surface area contributed by atoms with Crippen LogP contribution in [0.25, 0.3) is 54.9 Å². The first-order valence-corrected chi connectivity index (χ1v) is 11.0. The Morgan fingerprint density at radius 3 is 1.50 bits per heavy atom. The van der Waals surface area contributed by atoms with Crippen LogP contribution in [0.1, 0.15) is 0 Å². The van der Waals surface area contributed by atoms with Gasteiger partial charge in [-0.15, -0.1) is 0 Å². The van der Waals surface area contributed by atoms with Crippen molar-refractivity contribution >= 4 is 21.5 Å². The van der Waals surface area contributed by atoms with E-state index < -0.39 is 0 Å². The van der Waals surface area contributed by atoms with Gasteiger partial charge in [-0.25, -0.2) is 0 Å². The molecule has 6 aromatic rings. The summed E-state index contributed by atoms with van der Waals surface area (Å²) >= 11 is 0. The van der Waals surface area contributed by atoms with Crippen molar-refractivity contribution < 1.29 is 0 Å². The molecule has 0 aliphatic carbocycles. The summed E-state index contributed by atoms with van der Waals surface area (Å²) in [5, 5.41) is 5.15. The third-order valence-corrected chi connectivity index (χ3v) is 6.26. The maximum Gasteiger partial charge on any atom is -0.00141 e. The summed E-state index contributed by atoms with van der Waals surface area (Å²) in [6, 6.07) is 48.0. The van der Waals surface area contributed by atoms with Crippen LogP contribution < -0.4 is 0 Å². The number of benzene rings is 6. The third-order valence-electron chi connectivity index (χ3n) is 6.26. The number of hydrogen-bond acceptors (Lipinski definition) is 0. The summed E-state index contributed by atoms with van der Waals surface area (Å²) < 4.78 is 0. The normalized spacial score (nSPS) is 11.1. The van der Waals surface area contributed by atoms with E-state index in [0.717, 1.165) is 0 Å². The van der Waals surface area contributed by atoms with Crippen molar-refractivity contribution in [2.24, 2.45) is 0 Å². The van der Waals surface area contributed by atoms with Crippen molar-refractivity contribution in [1.82, 2.24) is 0 Å². The first-order valence-electron chi connectivity index (χ1n) is 11.0.